The minimum absolute atomic E-state index is 0.262. The second-order valence-electron chi connectivity index (χ2n) is 4.70. The SMILES string of the molecule is Cc1ccc(-c2cc(CNC(=O)c3ccco3)on2)cc1. The third-order valence-corrected chi connectivity index (χ3v) is 3.07. The standard InChI is InChI=1S/C16H14N2O3/c1-11-4-6-12(7-5-11)14-9-13(21-18-14)10-17-16(19)15-3-2-8-20-15/h2-9H,10H2,1H3,(H,17,19). The molecule has 21 heavy (non-hydrogen) atoms. The van der Waals surface area contributed by atoms with Crippen LogP contribution in [0.1, 0.15) is 21.9 Å². The monoisotopic (exact) mass is 282 g/mol. The molecule has 2 heterocycles. The first-order valence-corrected chi connectivity index (χ1v) is 6.57. The molecule has 1 aromatic carbocycles. The predicted octanol–water partition coefficient (Wildman–Crippen LogP) is 3.17. The van der Waals surface area contributed by atoms with Gasteiger partial charge >= 0.3 is 0 Å². The van der Waals surface area contributed by atoms with Crippen molar-refractivity contribution in [2.24, 2.45) is 0 Å². The number of carbonyl (C=O) groups excluding carboxylic acids is 1. The molecule has 1 N–H and O–H groups in total. The number of nitrogens with one attached hydrogen (secondary N) is 1. The van der Waals surface area contributed by atoms with Gasteiger partial charge in [-0.1, -0.05) is 35.0 Å². The van der Waals surface area contributed by atoms with Crippen LogP contribution < -0.4 is 5.32 Å². The van der Waals surface area contributed by atoms with Gasteiger partial charge in [0, 0.05) is 11.6 Å². The molecule has 2 aromatic heterocycles. The maximum atomic E-state index is 11.7. The number of amides is 1. The van der Waals surface area contributed by atoms with Gasteiger partial charge in [0.2, 0.25) is 0 Å². The molecule has 0 aliphatic carbocycles. The van der Waals surface area contributed by atoms with Crippen LogP contribution in [-0.2, 0) is 6.54 Å². The van der Waals surface area contributed by atoms with E-state index in [1.807, 2.05) is 37.3 Å². The number of nitrogens with zero attached hydrogens (tertiary/aromatic N) is 1. The predicted molar refractivity (Wildman–Crippen MR) is 76.6 cm³/mol. The summed E-state index contributed by atoms with van der Waals surface area (Å²) in [5.74, 6) is 0.576. The van der Waals surface area contributed by atoms with Gasteiger partial charge in [-0.2, -0.15) is 0 Å². The average Bonchev–Trinajstić information content (AvgIpc) is 3.17. The van der Waals surface area contributed by atoms with E-state index in [1.165, 1.54) is 11.8 Å². The zero-order chi connectivity index (χ0) is 14.7. The molecule has 0 aliphatic heterocycles. The second-order valence-corrected chi connectivity index (χ2v) is 4.70. The van der Waals surface area contributed by atoms with E-state index < -0.39 is 0 Å². The fourth-order valence-corrected chi connectivity index (χ4v) is 1.92. The van der Waals surface area contributed by atoms with E-state index in [0.717, 1.165) is 11.3 Å². The van der Waals surface area contributed by atoms with Gasteiger partial charge in [-0.25, -0.2) is 0 Å². The number of hydrogen-bond acceptors (Lipinski definition) is 4. The summed E-state index contributed by atoms with van der Waals surface area (Å²) in [7, 11) is 0. The van der Waals surface area contributed by atoms with Gasteiger partial charge in [-0.15, -0.1) is 0 Å². The lowest BCUT2D eigenvalue weighted by molar-refractivity contribution is 0.0919. The van der Waals surface area contributed by atoms with E-state index in [9.17, 15) is 4.79 Å². The molecule has 0 atom stereocenters. The fraction of sp³-hybridized carbons (Fsp3) is 0.125. The zero-order valence-electron chi connectivity index (χ0n) is 11.5. The normalized spacial score (nSPS) is 10.5. The van der Waals surface area contributed by atoms with Crippen molar-refractivity contribution in [2.75, 3.05) is 0 Å². The van der Waals surface area contributed by atoms with Crippen LogP contribution in [0.3, 0.4) is 0 Å². The molecular formula is C16H14N2O3. The Hall–Kier alpha value is -2.82. The number of aryl methyl sites for hydroxylation is 1. The first-order valence-electron chi connectivity index (χ1n) is 6.57. The Balaban J connectivity index is 1.65. The first kappa shape index (κ1) is 13.2. The molecule has 3 aromatic rings. The summed E-state index contributed by atoms with van der Waals surface area (Å²) in [5.41, 5.74) is 2.92. The zero-order valence-corrected chi connectivity index (χ0v) is 11.5. The largest absolute Gasteiger partial charge is 0.459 e. The lowest BCUT2D eigenvalue weighted by Crippen LogP contribution is -2.21. The van der Waals surface area contributed by atoms with Gasteiger partial charge in [-0.05, 0) is 19.1 Å². The molecule has 0 spiro atoms. The summed E-state index contributed by atoms with van der Waals surface area (Å²) in [6.45, 7) is 2.29. The van der Waals surface area contributed by atoms with Crippen LogP contribution in [0.15, 0.2) is 57.7 Å². The number of hydrogen-bond donors (Lipinski definition) is 1. The van der Waals surface area contributed by atoms with Gasteiger partial charge < -0.3 is 14.3 Å². The number of rotatable bonds is 4. The van der Waals surface area contributed by atoms with Crippen molar-refractivity contribution in [1.29, 1.82) is 0 Å². The van der Waals surface area contributed by atoms with E-state index >= 15 is 0 Å². The summed E-state index contributed by atoms with van der Waals surface area (Å²) in [5, 5.41) is 6.72. The van der Waals surface area contributed by atoms with Crippen molar-refractivity contribution in [1.82, 2.24) is 10.5 Å². The maximum absolute atomic E-state index is 11.7. The van der Waals surface area contributed by atoms with Crippen LogP contribution >= 0.6 is 0 Å². The van der Waals surface area contributed by atoms with Gasteiger partial charge in [0.25, 0.3) is 5.91 Å². The maximum Gasteiger partial charge on any atom is 0.287 e. The average molecular weight is 282 g/mol. The highest BCUT2D eigenvalue weighted by Gasteiger charge is 2.11. The Morgan fingerprint density at radius 2 is 2.05 bits per heavy atom. The van der Waals surface area contributed by atoms with Gasteiger partial charge in [-0.3, -0.25) is 4.79 Å². The number of benzene rings is 1. The van der Waals surface area contributed by atoms with Gasteiger partial charge in [0.05, 0.1) is 12.8 Å². The Morgan fingerprint density at radius 3 is 2.76 bits per heavy atom. The van der Waals surface area contributed by atoms with Crippen molar-refractivity contribution in [3.05, 3.63) is 65.8 Å². The molecule has 0 radical (unpaired) electrons. The van der Waals surface area contributed by atoms with Crippen LogP contribution in [0.5, 0.6) is 0 Å². The summed E-state index contributed by atoms with van der Waals surface area (Å²) in [6, 6.07) is 13.1. The topological polar surface area (TPSA) is 68.3 Å². The molecule has 0 bridgehead atoms. The van der Waals surface area contributed by atoms with Crippen molar-refractivity contribution >= 4 is 5.91 Å². The van der Waals surface area contributed by atoms with E-state index in [1.54, 1.807) is 12.1 Å². The van der Waals surface area contributed by atoms with Crippen LogP contribution in [0, 0.1) is 6.92 Å². The van der Waals surface area contributed by atoms with E-state index in [2.05, 4.69) is 10.5 Å². The van der Waals surface area contributed by atoms with Gasteiger partial charge in [0.15, 0.2) is 11.5 Å². The van der Waals surface area contributed by atoms with E-state index in [-0.39, 0.29) is 18.2 Å². The van der Waals surface area contributed by atoms with Crippen LogP contribution in [-0.4, -0.2) is 11.1 Å². The molecule has 0 saturated carbocycles. The van der Waals surface area contributed by atoms with Crippen LogP contribution in [0.25, 0.3) is 11.3 Å². The molecule has 5 heteroatoms. The van der Waals surface area contributed by atoms with Crippen molar-refractivity contribution in [3.8, 4) is 11.3 Å². The second kappa shape index (κ2) is 5.66. The number of carbonyl (C=O) groups is 1. The number of aromatic nitrogens is 1. The quantitative estimate of drug-likeness (QED) is 0.798. The van der Waals surface area contributed by atoms with E-state index in [0.29, 0.717) is 5.76 Å². The molecule has 0 fully saturated rings. The lowest BCUT2D eigenvalue weighted by Gasteiger charge is -1.98. The highest BCUT2D eigenvalue weighted by molar-refractivity contribution is 5.91. The van der Waals surface area contributed by atoms with Crippen molar-refractivity contribution in [3.63, 3.8) is 0 Å². The summed E-state index contributed by atoms with van der Waals surface area (Å²) >= 11 is 0. The van der Waals surface area contributed by atoms with Crippen molar-refractivity contribution < 1.29 is 13.7 Å². The molecular weight excluding hydrogens is 268 g/mol. The Labute approximate surface area is 121 Å². The lowest BCUT2D eigenvalue weighted by atomic mass is 10.1. The third kappa shape index (κ3) is 3.02. The first-order chi connectivity index (χ1) is 10.2. The third-order valence-electron chi connectivity index (χ3n) is 3.07. The molecule has 0 unspecified atom stereocenters. The van der Waals surface area contributed by atoms with Gasteiger partial charge in [0.1, 0.15) is 5.69 Å². The summed E-state index contributed by atoms with van der Waals surface area (Å²) in [4.78, 5) is 11.7. The van der Waals surface area contributed by atoms with Crippen molar-refractivity contribution in [2.45, 2.75) is 13.5 Å². The minimum Gasteiger partial charge on any atom is -0.459 e. The Bertz CT molecular complexity index is 727. The molecule has 106 valence electrons. The Kier molecular flexibility index (Phi) is 3.55. The fourth-order valence-electron chi connectivity index (χ4n) is 1.92. The van der Waals surface area contributed by atoms with Crippen LogP contribution in [0.4, 0.5) is 0 Å². The number of furan rings is 1. The van der Waals surface area contributed by atoms with E-state index in [4.69, 9.17) is 8.94 Å². The summed E-state index contributed by atoms with van der Waals surface area (Å²) in [6.07, 6.45) is 1.46. The summed E-state index contributed by atoms with van der Waals surface area (Å²) < 4.78 is 10.2. The minimum atomic E-state index is -0.284. The molecule has 0 saturated heterocycles. The highest BCUT2D eigenvalue weighted by Crippen LogP contribution is 2.19. The Morgan fingerprint density at radius 1 is 1.24 bits per heavy atom. The smallest absolute Gasteiger partial charge is 0.287 e. The molecule has 3 rings (SSSR count). The highest BCUT2D eigenvalue weighted by atomic mass is 16.5. The van der Waals surface area contributed by atoms with Crippen LogP contribution in [0.2, 0.25) is 0 Å². The molecule has 0 aliphatic rings. The molecule has 1 amide bonds. The molecule has 5 nitrogen and oxygen atoms in total.